The van der Waals surface area contributed by atoms with Gasteiger partial charge in [-0.05, 0) is 19.1 Å². The molecule has 2 N–H and O–H groups in total. The number of nitrogen functional groups attached to an aromatic ring is 1. The highest BCUT2D eigenvalue weighted by Crippen LogP contribution is 2.19. The Balaban J connectivity index is 2.32. The normalized spacial score (nSPS) is 9.90. The summed E-state index contributed by atoms with van der Waals surface area (Å²) < 4.78 is 10.2. The zero-order valence-corrected chi connectivity index (χ0v) is 11.8. The second-order valence-corrected chi connectivity index (χ2v) is 4.19. The molecule has 110 valence electrons. The number of nitrogens with zero attached hydrogens (tertiary/aromatic N) is 1. The molecule has 1 aromatic rings. The molecule has 20 heavy (non-hydrogen) atoms. The second-order valence-electron chi connectivity index (χ2n) is 4.19. The number of benzene rings is 1. The summed E-state index contributed by atoms with van der Waals surface area (Å²) in [4.78, 5) is 24.3. The topological polar surface area (TPSA) is 81.9 Å². The van der Waals surface area contributed by atoms with Gasteiger partial charge in [-0.2, -0.15) is 0 Å². The minimum Gasteiger partial charge on any atom is -0.491 e. The molecule has 0 aliphatic carbocycles. The number of carbonyl (C=O) groups excluding carboxylic acids is 2. The fourth-order valence-electron chi connectivity index (χ4n) is 1.54. The van der Waals surface area contributed by atoms with Crippen molar-refractivity contribution in [3.05, 3.63) is 24.3 Å². The summed E-state index contributed by atoms with van der Waals surface area (Å²) in [5.74, 6) is -0.0579. The first-order chi connectivity index (χ1) is 9.54. The maximum absolute atomic E-state index is 11.8. The van der Waals surface area contributed by atoms with E-state index in [0.717, 1.165) is 0 Å². The van der Waals surface area contributed by atoms with Crippen LogP contribution in [0.4, 0.5) is 5.69 Å². The van der Waals surface area contributed by atoms with Gasteiger partial charge in [-0.25, -0.2) is 0 Å². The molecule has 0 heterocycles. The summed E-state index contributed by atoms with van der Waals surface area (Å²) in [5, 5.41) is 0. The number of carbonyl (C=O) groups is 2. The van der Waals surface area contributed by atoms with Gasteiger partial charge in [0.1, 0.15) is 12.3 Å². The first-order valence-corrected chi connectivity index (χ1v) is 6.41. The molecular formula is C14H20N2O4. The second kappa shape index (κ2) is 8.04. The molecule has 0 aromatic heterocycles. The van der Waals surface area contributed by atoms with Crippen molar-refractivity contribution in [3.63, 3.8) is 0 Å². The number of nitrogens with two attached hydrogens (primary N) is 1. The fourth-order valence-corrected chi connectivity index (χ4v) is 1.54. The predicted octanol–water partition coefficient (Wildman–Crippen LogP) is 1.06. The number of rotatable bonds is 7. The summed E-state index contributed by atoms with van der Waals surface area (Å²) in [5.41, 5.74) is 6.24. The minimum absolute atomic E-state index is 0.0554. The van der Waals surface area contributed by atoms with Crippen molar-refractivity contribution in [2.24, 2.45) is 0 Å². The summed E-state index contributed by atoms with van der Waals surface area (Å²) in [6.45, 7) is 2.18. The molecule has 1 rings (SSSR count). The Morgan fingerprint density at radius 1 is 1.30 bits per heavy atom. The smallest absolute Gasteiger partial charge is 0.325 e. The summed E-state index contributed by atoms with van der Waals surface area (Å²) in [6, 6.07) is 7.08. The van der Waals surface area contributed by atoms with Gasteiger partial charge < -0.3 is 20.1 Å². The molecule has 0 bridgehead atoms. The Kier molecular flexibility index (Phi) is 6.36. The average molecular weight is 280 g/mol. The van der Waals surface area contributed by atoms with Gasteiger partial charge in [-0.15, -0.1) is 0 Å². The van der Waals surface area contributed by atoms with E-state index in [2.05, 4.69) is 0 Å². The Hall–Kier alpha value is -2.24. The molecule has 6 heteroatoms. The first-order valence-electron chi connectivity index (χ1n) is 6.41. The molecule has 0 aliphatic heterocycles. The highest BCUT2D eigenvalue weighted by atomic mass is 16.5. The van der Waals surface area contributed by atoms with Crippen molar-refractivity contribution in [2.75, 3.05) is 32.5 Å². The van der Waals surface area contributed by atoms with Crippen LogP contribution in [0.25, 0.3) is 0 Å². The molecule has 1 amide bonds. The Morgan fingerprint density at radius 3 is 2.65 bits per heavy atom. The number of esters is 1. The molecule has 0 atom stereocenters. The lowest BCUT2D eigenvalue weighted by molar-refractivity contribution is -0.148. The number of para-hydroxylation sites is 2. The summed E-state index contributed by atoms with van der Waals surface area (Å²) in [7, 11) is 1.55. The van der Waals surface area contributed by atoms with Crippen molar-refractivity contribution in [3.8, 4) is 5.75 Å². The molecule has 0 fully saturated rings. The van der Waals surface area contributed by atoms with Crippen molar-refractivity contribution < 1.29 is 19.1 Å². The Labute approximate surface area is 118 Å². The molecule has 0 saturated heterocycles. The van der Waals surface area contributed by atoms with Gasteiger partial charge in [0.05, 0.1) is 25.3 Å². The standard InChI is InChI=1S/C14H20N2O4/c1-3-19-14(18)10-16(2)13(17)8-9-20-12-7-5-4-6-11(12)15/h4-7H,3,8-10,15H2,1-2H3. The number of hydrogen-bond donors (Lipinski definition) is 1. The monoisotopic (exact) mass is 280 g/mol. The Morgan fingerprint density at radius 2 is 2.00 bits per heavy atom. The van der Waals surface area contributed by atoms with Crippen LogP contribution in [0, 0.1) is 0 Å². The number of amides is 1. The highest BCUT2D eigenvalue weighted by molar-refractivity contribution is 5.81. The maximum atomic E-state index is 11.8. The van der Waals surface area contributed by atoms with Gasteiger partial charge >= 0.3 is 5.97 Å². The number of ether oxygens (including phenoxy) is 2. The van der Waals surface area contributed by atoms with Crippen LogP contribution in [0.1, 0.15) is 13.3 Å². The summed E-state index contributed by atoms with van der Waals surface area (Å²) >= 11 is 0. The van der Waals surface area contributed by atoms with E-state index in [9.17, 15) is 9.59 Å². The van der Waals surface area contributed by atoms with Crippen molar-refractivity contribution in [1.82, 2.24) is 4.90 Å². The van der Waals surface area contributed by atoms with Crippen LogP contribution < -0.4 is 10.5 Å². The van der Waals surface area contributed by atoms with Crippen LogP contribution >= 0.6 is 0 Å². The molecule has 1 aromatic carbocycles. The minimum atomic E-state index is -0.420. The van der Waals surface area contributed by atoms with Crippen molar-refractivity contribution in [1.29, 1.82) is 0 Å². The number of likely N-dealkylation sites (N-methyl/N-ethyl adjacent to an activating group) is 1. The van der Waals surface area contributed by atoms with E-state index in [1.807, 2.05) is 0 Å². The van der Waals surface area contributed by atoms with Crippen LogP contribution in [-0.2, 0) is 14.3 Å². The number of hydrogen-bond acceptors (Lipinski definition) is 5. The third-order valence-corrected chi connectivity index (χ3v) is 2.59. The predicted molar refractivity (Wildman–Crippen MR) is 75.2 cm³/mol. The van der Waals surface area contributed by atoms with Crippen LogP contribution in [0.5, 0.6) is 5.75 Å². The van der Waals surface area contributed by atoms with Crippen LogP contribution in [0.3, 0.4) is 0 Å². The third-order valence-electron chi connectivity index (χ3n) is 2.59. The molecular weight excluding hydrogens is 260 g/mol. The quantitative estimate of drug-likeness (QED) is 0.596. The molecule has 0 saturated carbocycles. The van der Waals surface area contributed by atoms with E-state index in [0.29, 0.717) is 18.0 Å². The lowest BCUT2D eigenvalue weighted by Gasteiger charge is -2.16. The van der Waals surface area contributed by atoms with E-state index in [-0.39, 0.29) is 25.5 Å². The molecule has 0 unspecified atom stereocenters. The average Bonchev–Trinajstić information content (AvgIpc) is 2.41. The summed E-state index contributed by atoms with van der Waals surface area (Å²) in [6.07, 6.45) is 0.171. The van der Waals surface area contributed by atoms with Crippen LogP contribution in [0.2, 0.25) is 0 Å². The number of anilines is 1. The van der Waals surface area contributed by atoms with Gasteiger partial charge in [0.15, 0.2) is 0 Å². The first kappa shape index (κ1) is 15.8. The van der Waals surface area contributed by atoms with E-state index < -0.39 is 5.97 Å². The van der Waals surface area contributed by atoms with Crippen LogP contribution in [-0.4, -0.2) is 43.6 Å². The molecule has 0 spiro atoms. The molecule has 0 aliphatic rings. The van der Waals surface area contributed by atoms with Gasteiger partial charge in [0, 0.05) is 7.05 Å². The van der Waals surface area contributed by atoms with Crippen molar-refractivity contribution in [2.45, 2.75) is 13.3 Å². The lowest BCUT2D eigenvalue weighted by Crippen LogP contribution is -2.33. The lowest BCUT2D eigenvalue weighted by atomic mass is 10.3. The van der Waals surface area contributed by atoms with Gasteiger partial charge in [-0.3, -0.25) is 9.59 Å². The molecule has 0 radical (unpaired) electrons. The van der Waals surface area contributed by atoms with E-state index in [1.165, 1.54) is 4.90 Å². The third kappa shape index (κ3) is 5.17. The molecule has 6 nitrogen and oxygen atoms in total. The maximum Gasteiger partial charge on any atom is 0.325 e. The van der Waals surface area contributed by atoms with Crippen LogP contribution in [0.15, 0.2) is 24.3 Å². The highest BCUT2D eigenvalue weighted by Gasteiger charge is 2.13. The fraction of sp³-hybridized carbons (Fsp3) is 0.429. The van der Waals surface area contributed by atoms with Gasteiger partial charge in [-0.1, -0.05) is 12.1 Å². The van der Waals surface area contributed by atoms with Gasteiger partial charge in [0.2, 0.25) is 5.91 Å². The Bertz CT molecular complexity index is 462. The zero-order valence-electron chi connectivity index (χ0n) is 11.8. The van der Waals surface area contributed by atoms with E-state index in [1.54, 1.807) is 38.2 Å². The van der Waals surface area contributed by atoms with E-state index >= 15 is 0 Å². The van der Waals surface area contributed by atoms with E-state index in [4.69, 9.17) is 15.2 Å². The van der Waals surface area contributed by atoms with Gasteiger partial charge in [0.25, 0.3) is 0 Å². The SMILES string of the molecule is CCOC(=O)CN(C)C(=O)CCOc1ccccc1N. The largest absolute Gasteiger partial charge is 0.491 e. The van der Waals surface area contributed by atoms with Crippen molar-refractivity contribution >= 4 is 17.6 Å². The zero-order chi connectivity index (χ0) is 15.0.